The number of thiophene rings is 1. The van der Waals surface area contributed by atoms with Crippen molar-refractivity contribution in [3.05, 3.63) is 45.4 Å². The van der Waals surface area contributed by atoms with Gasteiger partial charge in [-0.2, -0.15) is 11.3 Å². The highest BCUT2D eigenvalue weighted by Gasteiger charge is 2.01. The molecule has 0 aromatic carbocycles. The van der Waals surface area contributed by atoms with Crippen LogP contribution in [0.25, 0.3) is 0 Å². The quantitative estimate of drug-likeness (QED) is 0.882. The van der Waals surface area contributed by atoms with Crippen LogP contribution in [-0.4, -0.2) is 4.98 Å². The minimum absolute atomic E-state index is 0.658. The van der Waals surface area contributed by atoms with Gasteiger partial charge in [0.05, 0.1) is 10.7 Å². The maximum absolute atomic E-state index is 5.98. The lowest BCUT2D eigenvalue weighted by atomic mass is 10.2. The van der Waals surface area contributed by atoms with Crippen LogP contribution in [0.3, 0.4) is 0 Å². The highest BCUT2D eigenvalue weighted by Crippen LogP contribution is 2.21. The van der Waals surface area contributed by atoms with Gasteiger partial charge in [-0.3, -0.25) is 4.98 Å². The molecule has 0 aliphatic carbocycles. The first-order valence-corrected chi connectivity index (χ1v) is 5.94. The molecule has 0 unspecified atom stereocenters. The zero-order valence-corrected chi connectivity index (χ0v) is 9.90. The third-order valence-corrected chi connectivity index (χ3v) is 3.41. The van der Waals surface area contributed by atoms with Crippen molar-refractivity contribution in [2.24, 2.45) is 0 Å². The molecule has 15 heavy (non-hydrogen) atoms. The van der Waals surface area contributed by atoms with E-state index >= 15 is 0 Å². The Morgan fingerprint density at radius 2 is 2.33 bits per heavy atom. The molecular weight excluding hydrogens is 228 g/mol. The standard InChI is InChI=1S/C11H11ClN2S/c1-8-6-15-7-9(8)4-14-11-2-3-13-5-10(11)12/h2-3,5-7H,4H2,1H3,(H,13,14). The number of hydrogen-bond acceptors (Lipinski definition) is 3. The fourth-order valence-electron chi connectivity index (χ4n) is 1.28. The Bertz CT molecular complexity index is 453. The van der Waals surface area contributed by atoms with Crippen molar-refractivity contribution in [2.45, 2.75) is 13.5 Å². The molecule has 0 spiro atoms. The number of nitrogens with zero attached hydrogens (tertiary/aromatic N) is 1. The summed E-state index contributed by atoms with van der Waals surface area (Å²) in [6, 6.07) is 1.88. The molecule has 78 valence electrons. The van der Waals surface area contributed by atoms with Crippen molar-refractivity contribution >= 4 is 28.6 Å². The largest absolute Gasteiger partial charge is 0.380 e. The van der Waals surface area contributed by atoms with E-state index in [2.05, 4.69) is 28.0 Å². The van der Waals surface area contributed by atoms with Crippen molar-refractivity contribution < 1.29 is 0 Å². The summed E-state index contributed by atoms with van der Waals surface area (Å²) in [6.45, 7) is 2.92. The molecule has 2 rings (SSSR count). The van der Waals surface area contributed by atoms with Crippen LogP contribution in [-0.2, 0) is 6.54 Å². The average molecular weight is 239 g/mol. The Morgan fingerprint density at radius 3 is 3.00 bits per heavy atom. The molecule has 2 aromatic rings. The summed E-state index contributed by atoms with van der Waals surface area (Å²) >= 11 is 7.70. The van der Waals surface area contributed by atoms with Gasteiger partial charge in [0.25, 0.3) is 0 Å². The van der Waals surface area contributed by atoms with Gasteiger partial charge in [-0.1, -0.05) is 11.6 Å². The number of rotatable bonds is 3. The summed E-state index contributed by atoms with van der Waals surface area (Å²) < 4.78 is 0. The lowest BCUT2D eigenvalue weighted by molar-refractivity contribution is 1.13. The Morgan fingerprint density at radius 1 is 1.47 bits per heavy atom. The Kier molecular flexibility index (Phi) is 3.23. The van der Waals surface area contributed by atoms with Gasteiger partial charge in [0.1, 0.15) is 0 Å². The SMILES string of the molecule is Cc1cscc1CNc1ccncc1Cl. The van der Waals surface area contributed by atoms with E-state index in [4.69, 9.17) is 11.6 Å². The van der Waals surface area contributed by atoms with E-state index in [1.165, 1.54) is 11.1 Å². The van der Waals surface area contributed by atoms with Gasteiger partial charge in [-0.15, -0.1) is 0 Å². The van der Waals surface area contributed by atoms with E-state index in [1.54, 1.807) is 23.7 Å². The van der Waals surface area contributed by atoms with Crippen LogP contribution in [0.5, 0.6) is 0 Å². The van der Waals surface area contributed by atoms with Crippen molar-refractivity contribution in [3.63, 3.8) is 0 Å². The Balaban J connectivity index is 2.06. The maximum Gasteiger partial charge on any atom is 0.0820 e. The highest BCUT2D eigenvalue weighted by atomic mass is 35.5. The monoisotopic (exact) mass is 238 g/mol. The van der Waals surface area contributed by atoms with E-state index < -0.39 is 0 Å². The number of anilines is 1. The van der Waals surface area contributed by atoms with Crippen LogP contribution >= 0.6 is 22.9 Å². The van der Waals surface area contributed by atoms with E-state index in [-0.39, 0.29) is 0 Å². The smallest absolute Gasteiger partial charge is 0.0820 e. The highest BCUT2D eigenvalue weighted by molar-refractivity contribution is 7.08. The molecule has 2 aromatic heterocycles. The fourth-order valence-corrected chi connectivity index (χ4v) is 2.32. The second kappa shape index (κ2) is 4.64. The molecule has 0 aliphatic rings. The number of nitrogens with one attached hydrogen (secondary N) is 1. The van der Waals surface area contributed by atoms with Gasteiger partial charge in [-0.05, 0) is 34.9 Å². The van der Waals surface area contributed by atoms with Gasteiger partial charge < -0.3 is 5.32 Å². The zero-order valence-electron chi connectivity index (χ0n) is 8.33. The van der Waals surface area contributed by atoms with E-state index in [0.717, 1.165) is 12.2 Å². The summed E-state index contributed by atoms with van der Waals surface area (Å²) in [5.41, 5.74) is 3.56. The molecule has 0 amide bonds. The van der Waals surface area contributed by atoms with Crippen molar-refractivity contribution in [1.29, 1.82) is 0 Å². The lowest BCUT2D eigenvalue weighted by Crippen LogP contribution is -2.00. The molecule has 2 nitrogen and oxygen atoms in total. The van der Waals surface area contributed by atoms with Gasteiger partial charge in [0.15, 0.2) is 0 Å². The number of aryl methyl sites for hydroxylation is 1. The number of aromatic nitrogens is 1. The summed E-state index contributed by atoms with van der Waals surface area (Å²) in [5.74, 6) is 0. The molecule has 0 fully saturated rings. The molecule has 0 saturated carbocycles. The topological polar surface area (TPSA) is 24.9 Å². The van der Waals surface area contributed by atoms with E-state index in [0.29, 0.717) is 5.02 Å². The van der Waals surface area contributed by atoms with Gasteiger partial charge in [0.2, 0.25) is 0 Å². The first kappa shape index (κ1) is 10.5. The summed E-state index contributed by atoms with van der Waals surface area (Å²) in [5, 5.41) is 8.24. The maximum atomic E-state index is 5.98. The molecule has 0 atom stereocenters. The summed E-state index contributed by atoms with van der Waals surface area (Å²) in [4.78, 5) is 3.94. The van der Waals surface area contributed by atoms with Crippen LogP contribution in [0.4, 0.5) is 5.69 Å². The third kappa shape index (κ3) is 2.49. The molecule has 0 saturated heterocycles. The summed E-state index contributed by atoms with van der Waals surface area (Å²) in [7, 11) is 0. The summed E-state index contributed by atoms with van der Waals surface area (Å²) in [6.07, 6.45) is 3.37. The minimum atomic E-state index is 0.658. The second-order valence-corrected chi connectivity index (χ2v) is 4.44. The van der Waals surface area contributed by atoms with Crippen LogP contribution in [0.2, 0.25) is 5.02 Å². The predicted octanol–water partition coefficient (Wildman–Crippen LogP) is 3.72. The van der Waals surface area contributed by atoms with Crippen molar-refractivity contribution in [2.75, 3.05) is 5.32 Å². The lowest BCUT2D eigenvalue weighted by Gasteiger charge is -2.07. The normalized spacial score (nSPS) is 10.3. The van der Waals surface area contributed by atoms with Crippen molar-refractivity contribution in [3.8, 4) is 0 Å². The average Bonchev–Trinajstić information content (AvgIpc) is 2.63. The predicted molar refractivity (Wildman–Crippen MR) is 65.6 cm³/mol. The van der Waals surface area contributed by atoms with Crippen LogP contribution in [0, 0.1) is 6.92 Å². The first-order valence-electron chi connectivity index (χ1n) is 4.62. The van der Waals surface area contributed by atoms with Gasteiger partial charge >= 0.3 is 0 Å². The van der Waals surface area contributed by atoms with Crippen LogP contribution < -0.4 is 5.32 Å². The molecule has 0 aliphatic heterocycles. The number of hydrogen-bond donors (Lipinski definition) is 1. The molecule has 2 heterocycles. The first-order chi connectivity index (χ1) is 7.27. The van der Waals surface area contributed by atoms with E-state index in [1.807, 2.05) is 6.07 Å². The zero-order chi connectivity index (χ0) is 10.7. The fraction of sp³-hybridized carbons (Fsp3) is 0.182. The van der Waals surface area contributed by atoms with Crippen LogP contribution in [0.1, 0.15) is 11.1 Å². The Labute approximate surface area is 97.9 Å². The number of pyridine rings is 1. The van der Waals surface area contributed by atoms with Crippen molar-refractivity contribution in [1.82, 2.24) is 4.98 Å². The van der Waals surface area contributed by atoms with Gasteiger partial charge in [-0.25, -0.2) is 0 Å². The molecule has 0 radical (unpaired) electrons. The molecule has 1 N–H and O–H groups in total. The van der Waals surface area contributed by atoms with Gasteiger partial charge in [0, 0.05) is 18.9 Å². The molecular formula is C11H11ClN2S. The minimum Gasteiger partial charge on any atom is -0.380 e. The number of halogens is 1. The Hall–Kier alpha value is -1.06. The van der Waals surface area contributed by atoms with E-state index in [9.17, 15) is 0 Å². The van der Waals surface area contributed by atoms with Crippen LogP contribution in [0.15, 0.2) is 29.2 Å². The third-order valence-electron chi connectivity index (χ3n) is 2.20. The molecule has 4 heteroatoms. The second-order valence-electron chi connectivity index (χ2n) is 3.29. The molecule has 0 bridgehead atoms.